The zero-order chi connectivity index (χ0) is 10.8. The van der Waals surface area contributed by atoms with Crippen LogP contribution >= 0.6 is 0 Å². The molecule has 0 aromatic carbocycles. The topological polar surface area (TPSA) is 12.0 Å². The largest absolute Gasteiger partial charge is 0.317 e. The molecule has 0 fully saturated rings. The summed E-state index contributed by atoms with van der Waals surface area (Å²) in [5.74, 6) is 0.925. The van der Waals surface area contributed by atoms with E-state index < -0.39 is 0 Å². The van der Waals surface area contributed by atoms with Crippen LogP contribution in [0.1, 0.15) is 65.7 Å². The lowest BCUT2D eigenvalue weighted by molar-refractivity contribution is 0.429. The summed E-state index contributed by atoms with van der Waals surface area (Å²) in [6, 6.07) is 0.761. The second kappa shape index (κ2) is 9.51. The number of unbranched alkanes of at least 4 members (excludes halogenated alkanes) is 1. The predicted molar refractivity (Wildman–Crippen MR) is 65.7 cm³/mol. The lowest BCUT2D eigenvalue weighted by Crippen LogP contribution is -2.24. The van der Waals surface area contributed by atoms with Crippen molar-refractivity contribution >= 4 is 0 Å². The van der Waals surface area contributed by atoms with E-state index >= 15 is 0 Å². The predicted octanol–water partition coefficient (Wildman–Crippen LogP) is 3.98. The van der Waals surface area contributed by atoms with E-state index in [4.69, 9.17) is 0 Å². The number of nitrogens with one attached hydrogen (secondary N) is 1. The lowest BCUT2D eigenvalue weighted by Gasteiger charge is -2.15. The molecule has 0 radical (unpaired) electrons. The molecule has 0 spiro atoms. The van der Waals surface area contributed by atoms with Gasteiger partial charge in [-0.3, -0.25) is 0 Å². The highest BCUT2D eigenvalue weighted by Gasteiger charge is 2.04. The third-order valence-electron chi connectivity index (χ3n) is 3.24. The molecular formula is C13H29N. The summed E-state index contributed by atoms with van der Waals surface area (Å²) in [5.41, 5.74) is 0. The molecule has 0 rings (SSSR count). The summed E-state index contributed by atoms with van der Waals surface area (Å²) in [5, 5.41) is 3.41. The average molecular weight is 199 g/mol. The Morgan fingerprint density at radius 2 is 1.64 bits per heavy atom. The standard InChI is InChI=1S/C13H29N/c1-5-9-13(14-4)11-8-7-10-12(3)6-2/h12-14H,5-11H2,1-4H3. The Hall–Kier alpha value is -0.0400. The van der Waals surface area contributed by atoms with Gasteiger partial charge in [0.15, 0.2) is 0 Å². The molecule has 0 aromatic heterocycles. The molecule has 2 unspecified atom stereocenters. The molecule has 0 heterocycles. The lowest BCUT2D eigenvalue weighted by atomic mass is 9.98. The van der Waals surface area contributed by atoms with Crippen molar-refractivity contribution in [2.75, 3.05) is 7.05 Å². The molecule has 0 amide bonds. The second-order valence-electron chi connectivity index (χ2n) is 4.57. The van der Waals surface area contributed by atoms with Gasteiger partial charge in [0.05, 0.1) is 0 Å². The molecule has 86 valence electrons. The van der Waals surface area contributed by atoms with Crippen molar-refractivity contribution in [3.63, 3.8) is 0 Å². The van der Waals surface area contributed by atoms with Crippen molar-refractivity contribution in [1.82, 2.24) is 5.32 Å². The number of hydrogen-bond donors (Lipinski definition) is 1. The Morgan fingerprint density at radius 1 is 1.00 bits per heavy atom. The van der Waals surface area contributed by atoms with Gasteiger partial charge in [-0.2, -0.15) is 0 Å². The van der Waals surface area contributed by atoms with Gasteiger partial charge >= 0.3 is 0 Å². The summed E-state index contributed by atoms with van der Waals surface area (Å²) in [7, 11) is 2.09. The third-order valence-corrected chi connectivity index (χ3v) is 3.24. The minimum absolute atomic E-state index is 0.761. The van der Waals surface area contributed by atoms with E-state index in [0.717, 1.165) is 12.0 Å². The molecule has 0 aliphatic rings. The van der Waals surface area contributed by atoms with Crippen LogP contribution in [0.5, 0.6) is 0 Å². The van der Waals surface area contributed by atoms with E-state index in [1.54, 1.807) is 0 Å². The smallest absolute Gasteiger partial charge is 0.00639 e. The molecule has 1 nitrogen and oxygen atoms in total. The summed E-state index contributed by atoms with van der Waals surface area (Å²) >= 11 is 0. The van der Waals surface area contributed by atoms with Gasteiger partial charge in [0, 0.05) is 6.04 Å². The van der Waals surface area contributed by atoms with Crippen LogP contribution in [0.25, 0.3) is 0 Å². The van der Waals surface area contributed by atoms with Gasteiger partial charge in [0.2, 0.25) is 0 Å². The molecule has 14 heavy (non-hydrogen) atoms. The maximum absolute atomic E-state index is 3.41. The van der Waals surface area contributed by atoms with E-state index in [9.17, 15) is 0 Å². The molecule has 0 aromatic rings. The monoisotopic (exact) mass is 199 g/mol. The Morgan fingerprint density at radius 3 is 2.14 bits per heavy atom. The molecule has 0 saturated heterocycles. The van der Waals surface area contributed by atoms with E-state index in [0.29, 0.717) is 0 Å². The summed E-state index contributed by atoms with van der Waals surface area (Å²) in [6.45, 7) is 6.92. The SMILES string of the molecule is CCCC(CCCCC(C)CC)NC. The second-order valence-corrected chi connectivity index (χ2v) is 4.57. The van der Waals surface area contributed by atoms with Crippen LogP contribution in [0.15, 0.2) is 0 Å². The fourth-order valence-electron chi connectivity index (χ4n) is 1.87. The first-order valence-electron chi connectivity index (χ1n) is 6.41. The first-order valence-corrected chi connectivity index (χ1v) is 6.41. The molecule has 0 saturated carbocycles. The maximum atomic E-state index is 3.41. The van der Waals surface area contributed by atoms with Crippen LogP contribution in [0.3, 0.4) is 0 Å². The molecular weight excluding hydrogens is 170 g/mol. The third kappa shape index (κ3) is 7.37. The van der Waals surface area contributed by atoms with Crippen LogP contribution in [-0.2, 0) is 0 Å². The van der Waals surface area contributed by atoms with Gasteiger partial charge in [-0.25, -0.2) is 0 Å². The summed E-state index contributed by atoms with van der Waals surface area (Å²) < 4.78 is 0. The van der Waals surface area contributed by atoms with E-state index in [2.05, 4.69) is 33.1 Å². The van der Waals surface area contributed by atoms with Crippen LogP contribution in [-0.4, -0.2) is 13.1 Å². The molecule has 2 atom stereocenters. The minimum Gasteiger partial charge on any atom is -0.317 e. The Kier molecular flexibility index (Phi) is 9.49. The quantitative estimate of drug-likeness (QED) is 0.554. The minimum atomic E-state index is 0.761. The zero-order valence-electron chi connectivity index (χ0n) is 10.6. The molecule has 0 bridgehead atoms. The first-order chi connectivity index (χ1) is 6.74. The van der Waals surface area contributed by atoms with Gasteiger partial charge in [-0.15, -0.1) is 0 Å². The highest BCUT2D eigenvalue weighted by Crippen LogP contribution is 2.14. The Bertz CT molecular complexity index is 112. The van der Waals surface area contributed by atoms with Crippen molar-refractivity contribution in [1.29, 1.82) is 0 Å². The molecule has 1 N–H and O–H groups in total. The van der Waals surface area contributed by atoms with Gasteiger partial charge in [-0.05, 0) is 25.8 Å². The van der Waals surface area contributed by atoms with Crippen LogP contribution < -0.4 is 5.32 Å². The van der Waals surface area contributed by atoms with Gasteiger partial charge < -0.3 is 5.32 Å². The maximum Gasteiger partial charge on any atom is 0.00639 e. The van der Waals surface area contributed by atoms with Crippen molar-refractivity contribution in [2.24, 2.45) is 5.92 Å². The highest BCUT2D eigenvalue weighted by atomic mass is 14.9. The van der Waals surface area contributed by atoms with Crippen molar-refractivity contribution in [3.05, 3.63) is 0 Å². The summed E-state index contributed by atoms with van der Waals surface area (Å²) in [6.07, 6.45) is 9.56. The first kappa shape index (κ1) is 14.0. The Balaban J connectivity index is 3.32. The highest BCUT2D eigenvalue weighted by molar-refractivity contribution is 4.64. The fraction of sp³-hybridized carbons (Fsp3) is 1.00. The van der Waals surface area contributed by atoms with Gasteiger partial charge in [-0.1, -0.05) is 52.9 Å². The molecule has 0 aliphatic heterocycles. The van der Waals surface area contributed by atoms with Crippen molar-refractivity contribution < 1.29 is 0 Å². The molecule has 0 aliphatic carbocycles. The van der Waals surface area contributed by atoms with E-state index in [-0.39, 0.29) is 0 Å². The fourth-order valence-corrected chi connectivity index (χ4v) is 1.87. The molecule has 1 heteroatoms. The van der Waals surface area contributed by atoms with Crippen molar-refractivity contribution in [3.8, 4) is 0 Å². The van der Waals surface area contributed by atoms with Crippen LogP contribution in [0, 0.1) is 5.92 Å². The number of rotatable bonds is 9. The van der Waals surface area contributed by atoms with Crippen LogP contribution in [0.2, 0.25) is 0 Å². The van der Waals surface area contributed by atoms with E-state index in [1.807, 2.05) is 0 Å². The van der Waals surface area contributed by atoms with E-state index in [1.165, 1.54) is 44.9 Å². The zero-order valence-corrected chi connectivity index (χ0v) is 10.6. The van der Waals surface area contributed by atoms with Crippen molar-refractivity contribution in [2.45, 2.75) is 71.8 Å². The summed E-state index contributed by atoms with van der Waals surface area (Å²) in [4.78, 5) is 0. The van der Waals surface area contributed by atoms with Crippen LogP contribution in [0.4, 0.5) is 0 Å². The van der Waals surface area contributed by atoms with Gasteiger partial charge in [0.1, 0.15) is 0 Å². The normalized spacial score (nSPS) is 15.4. The average Bonchev–Trinajstić information content (AvgIpc) is 2.22. The Labute approximate surface area is 90.7 Å². The van der Waals surface area contributed by atoms with Gasteiger partial charge in [0.25, 0.3) is 0 Å². The number of hydrogen-bond acceptors (Lipinski definition) is 1.